The standard InChI is InChI=1S/C26H28N2O4/c29-25(28-16-19-6-9-24(28)26(14-19)31-10-11-32-26)12-20-15-27-23-8-7-21(13-22(20)23)30-17-18-4-2-1-3-5-18/h1-5,7-8,13,15,19,24,27H,6,9-12,14,16-17H2. The molecule has 4 heterocycles. The Morgan fingerprint density at radius 3 is 2.78 bits per heavy atom. The molecule has 4 aliphatic rings. The molecule has 166 valence electrons. The minimum atomic E-state index is -0.574. The van der Waals surface area contributed by atoms with Crippen LogP contribution in [-0.4, -0.2) is 47.4 Å². The van der Waals surface area contributed by atoms with Crippen molar-refractivity contribution < 1.29 is 19.0 Å². The third-order valence-corrected chi connectivity index (χ3v) is 7.19. The van der Waals surface area contributed by atoms with Gasteiger partial charge in [-0.05, 0) is 48.1 Å². The maximum absolute atomic E-state index is 13.4. The number of carbonyl (C=O) groups excluding carboxylic acids is 1. The number of amides is 1. The molecule has 3 aliphatic heterocycles. The topological polar surface area (TPSA) is 63.8 Å². The zero-order valence-corrected chi connectivity index (χ0v) is 18.1. The van der Waals surface area contributed by atoms with Crippen LogP contribution in [0.3, 0.4) is 0 Å². The monoisotopic (exact) mass is 432 g/mol. The Balaban J connectivity index is 1.20. The van der Waals surface area contributed by atoms with E-state index in [1.54, 1.807) is 0 Å². The number of carbonyl (C=O) groups is 1. The molecule has 1 N–H and O–H groups in total. The Labute approximate surface area is 187 Å². The minimum absolute atomic E-state index is 0.0254. The van der Waals surface area contributed by atoms with Crippen molar-refractivity contribution in [2.45, 2.75) is 44.1 Å². The number of H-pyrrole nitrogens is 1. The van der Waals surface area contributed by atoms with E-state index in [9.17, 15) is 4.79 Å². The molecule has 2 aromatic carbocycles. The lowest BCUT2D eigenvalue weighted by molar-refractivity contribution is -0.249. The molecule has 32 heavy (non-hydrogen) atoms. The Morgan fingerprint density at radius 2 is 1.97 bits per heavy atom. The summed E-state index contributed by atoms with van der Waals surface area (Å²) in [6, 6.07) is 16.2. The predicted octanol–water partition coefficient (Wildman–Crippen LogP) is 4.04. The van der Waals surface area contributed by atoms with E-state index in [1.807, 2.05) is 47.5 Å². The summed E-state index contributed by atoms with van der Waals surface area (Å²) in [5.74, 6) is 0.839. The van der Waals surface area contributed by atoms with E-state index in [2.05, 4.69) is 17.1 Å². The van der Waals surface area contributed by atoms with Crippen LogP contribution in [-0.2, 0) is 27.3 Å². The maximum atomic E-state index is 13.4. The van der Waals surface area contributed by atoms with Crippen molar-refractivity contribution in [3.63, 3.8) is 0 Å². The van der Waals surface area contributed by atoms with Gasteiger partial charge in [0.1, 0.15) is 12.4 Å². The number of hydrogen-bond donors (Lipinski definition) is 1. The fourth-order valence-electron chi connectivity index (χ4n) is 5.66. The molecule has 2 bridgehead atoms. The van der Waals surface area contributed by atoms with Crippen LogP contribution in [0.15, 0.2) is 54.7 Å². The van der Waals surface area contributed by atoms with Gasteiger partial charge >= 0.3 is 0 Å². The van der Waals surface area contributed by atoms with Crippen LogP contribution in [0, 0.1) is 5.92 Å². The molecular weight excluding hydrogens is 404 g/mol. The lowest BCUT2D eigenvalue weighted by atomic mass is 9.75. The molecule has 6 heteroatoms. The van der Waals surface area contributed by atoms with Crippen molar-refractivity contribution in [2.75, 3.05) is 19.8 Å². The normalized spacial score (nSPS) is 23.8. The fraction of sp³-hybridized carbons (Fsp3) is 0.423. The lowest BCUT2D eigenvalue weighted by Gasteiger charge is -2.53. The highest BCUT2D eigenvalue weighted by Gasteiger charge is 2.56. The van der Waals surface area contributed by atoms with Crippen molar-refractivity contribution in [2.24, 2.45) is 5.92 Å². The zero-order chi connectivity index (χ0) is 21.5. The number of benzene rings is 2. The first-order valence-corrected chi connectivity index (χ1v) is 11.5. The third-order valence-electron chi connectivity index (χ3n) is 7.19. The summed E-state index contributed by atoms with van der Waals surface area (Å²) in [4.78, 5) is 18.7. The summed E-state index contributed by atoms with van der Waals surface area (Å²) in [6.07, 6.45) is 5.34. The highest BCUT2D eigenvalue weighted by molar-refractivity contribution is 5.90. The van der Waals surface area contributed by atoms with Gasteiger partial charge in [0.15, 0.2) is 5.79 Å². The minimum Gasteiger partial charge on any atom is -0.489 e. The molecule has 2 unspecified atom stereocenters. The third kappa shape index (κ3) is 3.48. The van der Waals surface area contributed by atoms with Crippen LogP contribution in [0.2, 0.25) is 0 Å². The molecule has 6 nitrogen and oxygen atoms in total. The van der Waals surface area contributed by atoms with Crippen LogP contribution in [0.1, 0.15) is 30.4 Å². The van der Waals surface area contributed by atoms with E-state index >= 15 is 0 Å². The number of nitrogens with zero attached hydrogens (tertiary/aromatic N) is 1. The predicted molar refractivity (Wildman–Crippen MR) is 120 cm³/mol. The second-order valence-corrected chi connectivity index (χ2v) is 9.19. The number of nitrogens with one attached hydrogen (secondary N) is 1. The molecule has 0 radical (unpaired) electrons. The first kappa shape index (κ1) is 19.8. The highest BCUT2D eigenvalue weighted by Crippen LogP contribution is 2.46. The van der Waals surface area contributed by atoms with Crippen LogP contribution in [0.25, 0.3) is 10.9 Å². The van der Waals surface area contributed by atoms with Crippen molar-refractivity contribution in [3.8, 4) is 5.75 Å². The number of rotatable bonds is 5. The molecule has 3 aromatic rings. The van der Waals surface area contributed by atoms with Crippen LogP contribution < -0.4 is 4.74 Å². The Bertz CT molecular complexity index is 1120. The van der Waals surface area contributed by atoms with Crippen molar-refractivity contribution in [1.29, 1.82) is 0 Å². The highest BCUT2D eigenvalue weighted by atomic mass is 16.7. The summed E-state index contributed by atoms with van der Waals surface area (Å²) in [5.41, 5.74) is 3.14. The SMILES string of the molecule is O=C(Cc1c[nH]c2ccc(OCc3ccccc3)cc12)N1CC2CCC1C1(C2)OCCO1. The number of fused-ring (bicyclic) bond motifs is 3. The van der Waals surface area contributed by atoms with E-state index in [0.717, 1.165) is 53.6 Å². The summed E-state index contributed by atoms with van der Waals surface area (Å²) in [7, 11) is 0. The van der Waals surface area contributed by atoms with E-state index in [-0.39, 0.29) is 11.9 Å². The van der Waals surface area contributed by atoms with Crippen molar-refractivity contribution in [3.05, 3.63) is 65.9 Å². The molecule has 1 aromatic heterocycles. The van der Waals surface area contributed by atoms with E-state index < -0.39 is 5.79 Å². The van der Waals surface area contributed by atoms with Gasteiger partial charge in [0.05, 0.1) is 25.7 Å². The Morgan fingerprint density at radius 1 is 1.12 bits per heavy atom. The van der Waals surface area contributed by atoms with Gasteiger partial charge in [0.2, 0.25) is 5.91 Å². The second-order valence-electron chi connectivity index (χ2n) is 9.19. The lowest BCUT2D eigenvalue weighted by Crippen LogP contribution is -2.65. The molecule has 3 saturated heterocycles. The van der Waals surface area contributed by atoms with Gasteiger partial charge in [-0.15, -0.1) is 0 Å². The first-order chi connectivity index (χ1) is 15.7. The fourth-order valence-corrected chi connectivity index (χ4v) is 5.66. The van der Waals surface area contributed by atoms with Gasteiger partial charge in [0.25, 0.3) is 0 Å². The molecule has 4 fully saturated rings. The molecule has 2 atom stereocenters. The largest absolute Gasteiger partial charge is 0.489 e. The van der Waals surface area contributed by atoms with Gasteiger partial charge in [-0.1, -0.05) is 30.3 Å². The average Bonchev–Trinajstić information content (AvgIpc) is 3.45. The number of aromatic nitrogens is 1. The number of ether oxygens (including phenoxy) is 3. The van der Waals surface area contributed by atoms with Gasteiger partial charge in [-0.2, -0.15) is 0 Å². The van der Waals surface area contributed by atoms with Crippen molar-refractivity contribution >= 4 is 16.8 Å². The van der Waals surface area contributed by atoms with Crippen LogP contribution in [0.5, 0.6) is 5.75 Å². The van der Waals surface area contributed by atoms with Crippen LogP contribution >= 0.6 is 0 Å². The van der Waals surface area contributed by atoms with Gasteiger partial charge in [0, 0.05) is 30.1 Å². The van der Waals surface area contributed by atoms with Crippen LogP contribution in [0.4, 0.5) is 0 Å². The smallest absolute Gasteiger partial charge is 0.227 e. The summed E-state index contributed by atoms with van der Waals surface area (Å²) in [6.45, 7) is 2.58. The Hall–Kier alpha value is -2.83. The summed E-state index contributed by atoms with van der Waals surface area (Å²) in [5, 5.41) is 1.04. The van der Waals surface area contributed by atoms with Gasteiger partial charge < -0.3 is 24.1 Å². The Kier molecular flexibility index (Phi) is 4.92. The molecule has 1 spiro atoms. The molecule has 7 rings (SSSR count). The number of piperidine rings is 2. The second kappa shape index (κ2) is 7.94. The average molecular weight is 433 g/mol. The number of hydrogen-bond acceptors (Lipinski definition) is 4. The quantitative estimate of drug-likeness (QED) is 0.661. The van der Waals surface area contributed by atoms with Gasteiger partial charge in [-0.25, -0.2) is 0 Å². The molecule has 1 amide bonds. The van der Waals surface area contributed by atoms with Crippen molar-refractivity contribution in [1.82, 2.24) is 9.88 Å². The molecule has 1 aliphatic carbocycles. The van der Waals surface area contributed by atoms with Gasteiger partial charge in [-0.3, -0.25) is 4.79 Å². The maximum Gasteiger partial charge on any atom is 0.227 e. The summed E-state index contributed by atoms with van der Waals surface area (Å²) >= 11 is 0. The van der Waals surface area contributed by atoms with E-state index in [1.165, 1.54) is 0 Å². The summed E-state index contributed by atoms with van der Waals surface area (Å²) < 4.78 is 18.1. The van der Waals surface area contributed by atoms with E-state index in [0.29, 0.717) is 32.2 Å². The molecular formula is C26H28N2O4. The molecule has 1 saturated carbocycles. The zero-order valence-electron chi connectivity index (χ0n) is 18.1. The van der Waals surface area contributed by atoms with E-state index in [4.69, 9.17) is 14.2 Å². The number of aromatic amines is 1. The first-order valence-electron chi connectivity index (χ1n) is 11.5.